The Morgan fingerprint density at radius 2 is 2.06 bits per heavy atom. The third-order valence-electron chi connectivity index (χ3n) is 2.02. The first kappa shape index (κ1) is 12.0. The largest absolute Gasteiger partial charge is 0.507 e. The molecule has 0 atom stereocenters. The normalized spacial score (nSPS) is 9.81. The molecular formula is C11H13NO4. The fourth-order valence-corrected chi connectivity index (χ4v) is 1.21. The van der Waals surface area contributed by atoms with Crippen LogP contribution < -0.4 is 5.32 Å². The molecule has 1 aromatic carbocycles. The lowest BCUT2D eigenvalue weighted by Gasteiger charge is -2.06. The van der Waals surface area contributed by atoms with E-state index >= 15 is 0 Å². The number of rotatable bonds is 4. The highest BCUT2D eigenvalue weighted by Gasteiger charge is 2.10. The van der Waals surface area contributed by atoms with Gasteiger partial charge in [-0.05, 0) is 24.6 Å². The second-order valence-corrected chi connectivity index (χ2v) is 3.42. The van der Waals surface area contributed by atoms with E-state index in [4.69, 9.17) is 5.11 Å². The Balaban J connectivity index is 2.63. The number of carboxylic acid groups (broad SMARTS) is 1. The predicted molar refractivity (Wildman–Crippen MR) is 57.4 cm³/mol. The van der Waals surface area contributed by atoms with Gasteiger partial charge in [0.2, 0.25) is 0 Å². The van der Waals surface area contributed by atoms with Crippen LogP contribution in [0.25, 0.3) is 0 Å². The van der Waals surface area contributed by atoms with Crippen LogP contribution in [0.3, 0.4) is 0 Å². The third-order valence-corrected chi connectivity index (χ3v) is 2.02. The Hall–Kier alpha value is -2.04. The molecule has 1 amide bonds. The number of phenols is 1. The number of phenolic OH excluding ortho intramolecular Hbond substituents is 1. The van der Waals surface area contributed by atoms with Crippen molar-refractivity contribution in [3.8, 4) is 5.75 Å². The minimum absolute atomic E-state index is 0.0431. The zero-order valence-corrected chi connectivity index (χ0v) is 8.86. The van der Waals surface area contributed by atoms with Gasteiger partial charge < -0.3 is 15.5 Å². The van der Waals surface area contributed by atoms with Crippen LogP contribution in [-0.4, -0.2) is 28.6 Å². The van der Waals surface area contributed by atoms with Gasteiger partial charge in [0.05, 0.1) is 12.0 Å². The van der Waals surface area contributed by atoms with Gasteiger partial charge in [0, 0.05) is 6.54 Å². The van der Waals surface area contributed by atoms with E-state index < -0.39 is 11.9 Å². The number of aryl methyl sites for hydroxylation is 1. The molecule has 0 aliphatic carbocycles. The number of amides is 1. The second-order valence-electron chi connectivity index (χ2n) is 3.42. The van der Waals surface area contributed by atoms with Crippen molar-refractivity contribution in [3.63, 3.8) is 0 Å². The first-order valence-electron chi connectivity index (χ1n) is 4.80. The molecule has 5 heteroatoms. The number of nitrogens with one attached hydrogen (secondary N) is 1. The molecule has 5 nitrogen and oxygen atoms in total. The van der Waals surface area contributed by atoms with E-state index in [1.54, 1.807) is 13.0 Å². The number of aliphatic carboxylic acids is 1. The molecule has 86 valence electrons. The van der Waals surface area contributed by atoms with Crippen LogP contribution >= 0.6 is 0 Å². The fraction of sp³-hybridized carbons (Fsp3) is 0.273. The van der Waals surface area contributed by atoms with Crippen molar-refractivity contribution in [1.82, 2.24) is 5.32 Å². The molecule has 0 bridgehead atoms. The minimum Gasteiger partial charge on any atom is -0.507 e. The van der Waals surface area contributed by atoms with Crippen molar-refractivity contribution in [3.05, 3.63) is 29.3 Å². The van der Waals surface area contributed by atoms with Crippen molar-refractivity contribution < 1.29 is 19.8 Å². The van der Waals surface area contributed by atoms with E-state index in [-0.39, 0.29) is 24.3 Å². The van der Waals surface area contributed by atoms with Crippen LogP contribution in [0.1, 0.15) is 22.3 Å². The van der Waals surface area contributed by atoms with Crippen LogP contribution in [0, 0.1) is 6.92 Å². The first-order chi connectivity index (χ1) is 7.50. The monoisotopic (exact) mass is 223 g/mol. The van der Waals surface area contributed by atoms with Gasteiger partial charge in [-0.15, -0.1) is 0 Å². The number of carbonyl (C=O) groups excluding carboxylic acids is 1. The van der Waals surface area contributed by atoms with E-state index in [1.165, 1.54) is 12.1 Å². The molecule has 0 heterocycles. The van der Waals surface area contributed by atoms with E-state index in [1.807, 2.05) is 0 Å². The highest BCUT2D eigenvalue weighted by atomic mass is 16.4. The zero-order valence-electron chi connectivity index (χ0n) is 8.86. The minimum atomic E-state index is -0.978. The molecule has 0 saturated carbocycles. The van der Waals surface area contributed by atoms with Crippen molar-refractivity contribution in [2.24, 2.45) is 0 Å². The molecule has 0 radical (unpaired) electrons. The lowest BCUT2D eigenvalue weighted by molar-refractivity contribution is -0.136. The van der Waals surface area contributed by atoms with Gasteiger partial charge in [-0.25, -0.2) is 0 Å². The quantitative estimate of drug-likeness (QED) is 0.708. The summed E-state index contributed by atoms with van der Waals surface area (Å²) < 4.78 is 0. The molecule has 0 aliphatic heterocycles. The molecule has 0 aromatic heterocycles. The maximum absolute atomic E-state index is 11.5. The Labute approximate surface area is 92.7 Å². The van der Waals surface area contributed by atoms with Crippen LogP contribution in [-0.2, 0) is 4.79 Å². The summed E-state index contributed by atoms with van der Waals surface area (Å²) in [6, 6.07) is 4.68. The average Bonchev–Trinajstić information content (AvgIpc) is 2.16. The summed E-state index contributed by atoms with van der Waals surface area (Å²) in [5, 5.41) is 20.3. The summed E-state index contributed by atoms with van der Waals surface area (Å²) in [4.78, 5) is 21.7. The van der Waals surface area contributed by atoms with Crippen molar-refractivity contribution in [2.45, 2.75) is 13.3 Å². The average molecular weight is 223 g/mol. The maximum Gasteiger partial charge on any atom is 0.305 e. The van der Waals surface area contributed by atoms with Crippen LogP contribution in [0.2, 0.25) is 0 Å². The lowest BCUT2D eigenvalue weighted by Crippen LogP contribution is -2.26. The summed E-state index contributed by atoms with van der Waals surface area (Å²) in [6.07, 6.45) is -0.141. The third kappa shape index (κ3) is 3.27. The van der Waals surface area contributed by atoms with Gasteiger partial charge in [0.25, 0.3) is 5.91 Å². The smallest absolute Gasteiger partial charge is 0.305 e. The Morgan fingerprint density at radius 3 is 2.62 bits per heavy atom. The Morgan fingerprint density at radius 1 is 1.38 bits per heavy atom. The summed E-state index contributed by atoms with van der Waals surface area (Å²) in [6.45, 7) is 1.84. The van der Waals surface area contributed by atoms with E-state index in [2.05, 4.69) is 5.32 Å². The topological polar surface area (TPSA) is 86.6 Å². The van der Waals surface area contributed by atoms with Crippen LogP contribution in [0.15, 0.2) is 18.2 Å². The number of carboxylic acids is 1. The van der Waals surface area contributed by atoms with Crippen LogP contribution in [0.5, 0.6) is 5.75 Å². The highest BCUT2D eigenvalue weighted by Crippen LogP contribution is 2.17. The molecule has 0 saturated heterocycles. The summed E-state index contributed by atoms with van der Waals surface area (Å²) in [7, 11) is 0. The fourth-order valence-electron chi connectivity index (χ4n) is 1.21. The molecule has 1 rings (SSSR count). The molecule has 0 unspecified atom stereocenters. The highest BCUT2D eigenvalue weighted by molar-refractivity contribution is 5.97. The summed E-state index contributed by atoms with van der Waals surface area (Å²) in [5.74, 6) is -1.56. The predicted octanol–water partition coefficient (Wildman–Crippen LogP) is 0.905. The second kappa shape index (κ2) is 5.16. The number of hydrogen-bond donors (Lipinski definition) is 3. The molecule has 0 aliphatic rings. The SMILES string of the molecule is Cc1ccc(C(=O)NCCC(=O)O)c(O)c1. The summed E-state index contributed by atoms with van der Waals surface area (Å²) >= 11 is 0. The Kier molecular flexibility index (Phi) is 3.88. The number of benzene rings is 1. The van der Waals surface area contributed by atoms with E-state index in [0.717, 1.165) is 5.56 Å². The lowest BCUT2D eigenvalue weighted by atomic mass is 10.1. The van der Waals surface area contributed by atoms with Gasteiger partial charge in [0.15, 0.2) is 0 Å². The molecular weight excluding hydrogens is 210 g/mol. The van der Waals surface area contributed by atoms with Gasteiger partial charge in [-0.3, -0.25) is 9.59 Å². The molecule has 3 N–H and O–H groups in total. The molecule has 0 fully saturated rings. The van der Waals surface area contributed by atoms with Gasteiger partial charge in [0.1, 0.15) is 5.75 Å². The van der Waals surface area contributed by atoms with Crippen molar-refractivity contribution >= 4 is 11.9 Å². The van der Waals surface area contributed by atoms with Crippen molar-refractivity contribution in [2.75, 3.05) is 6.54 Å². The molecule has 1 aromatic rings. The molecule has 0 spiro atoms. The number of carbonyl (C=O) groups is 2. The Bertz CT molecular complexity index is 414. The summed E-state index contributed by atoms with van der Waals surface area (Å²) in [5.41, 5.74) is 0.996. The van der Waals surface area contributed by atoms with Gasteiger partial charge in [-0.1, -0.05) is 6.07 Å². The van der Waals surface area contributed by atoms with Crippen molar-refractivity contribution in [1.29, 1.82) is 0 Å². The van der Waals surface area contributed by atoms with Gasteiger partial charge >= 0.3 is 5.97 Å². The van der Waals surface area contributed by atoms with E-state index in [0.29, 0.717) is 0 Å². The van der Waals surface area contributed by atoms with E-state index in [9.17, 15) is 14.7 Å². The van der Waals surface area contributed by atoms with Gasteiger partial charge in [-0.2, -0.15) is 0 Å². The first-order valence-corrected chi connectivity index (χ1v) is 4.80. The molecule has 16 heavy (non-hydrogen) atoms. The maximum atomic E-state index is 11.5. The zero-order chi connectivity index (χ0) is 12.1. The standard InChI is InChI=1S/C11H13NO4/c1-7-2-3-8(9(13)6-7)11(16)12-5-4-10(14)15/h2-3,6,13H,4-5H2,1H3,(H,12,16)(H,14,15). The van der Waals surface area contributed by atoms with Crippen LogP contribution in [0.4, 0.5) is 0 Å². The number of hydrogen-bond acceptors (Lipinski definition) is 3. The number of aromatic hydroxyl groups is 1.